The van der Waals surface area contributed by atoms with Gasteiger partial charge in [-0.2, -0.15) is 0 Å². The van der Waals surface area contributed by atoms with E-state index in [0.29, 0.717) is 24.0 Å². The van der Waals surface area contributed by atoms with Crippen LogP contribution in [0.4, 0.5) is 0 Å². The summed E-state index contributed by atoms with van der Waals surface area (Å²) in [4.78, 5) is 13.1. The van der Waals surface area contributed by atoms with Gasteiger partial charge in [0.1, 0.15) is 34.7 Å². The molecule has 1 aliphatic heterocycles. The fourth-order valence-electron chi connectivity index (χ4n) is 3.89. The highest BCUT2D eigenvalue weighted by Crippen LogP contribution is 2.48. The van der Waals surface area contributed by atoms with Crippen LogP contribution in [0.15, 0.2) is 41.5 Å². The van der Waals surface area contributed by atoms with Crippen molar-refractivity contribution in [1.82, 2.24) is 0 Å². The van der Waals surface area contributed by atoms with Gasteiger partial charge in [-0.15, -0.1) is 0 Å². The lowest BCUT2D eigenvalue weighted by Crippen LogP contribution is -2.22. The second kappa shape index (κ2) is 9.51. The molecular weight excluding hydrogens is 404 g/mol. The summed E-state index contributed by atoms with van der Waals surface area (Å²) >= 11 is 0. The maximum Gasteiger partial charge on any atom is 0.174 e. The standard InChI is InChI=1S/C27H32O5/c1-15(2)7-9-18-13-19(10-12-22(18)31-6)23-14-21(28)24-26(30)17(5)25(29)20(27(24)32-23)11-8-16(3)4/h7-8,10,12-13,23,29-30H,9,11,14H2,1-6H3/t23-/m1/s1. The second-order valence-corrected chi connectivity index (χ2v) is 8.78. The summed E-state index contributed by atoms with van der Waals surface area (Å²) in [7, 11) is 1.64. The number of ether oxygens (including phenoxy) is 2. The largest absolute Gasteiger partial charge is 0.507 e. The maximum absolute atomic E-state index is 13.1. The average molecular weight is 437 g/mol. The predicted molar refractivity (Wildman–Crippen MR) is 126 cm³/mol. The number of Topliss-reactive ketones (excluding diaryl/α,β-unsaturated/α-hetero) is 1. The molecule has 170 valence electrons. The Morgan fingerprint density at radius 2 is 1.75 bits per heavy atom. The molecule has 1 aliphatic rings. The number of carbonyl (C=O) groups excluding carboxylic acids is 1. The number of methoxy groups -OCH3 is 1. The molecule has 0 saturated heterocycles. The molecule has 0 aliphatic carbocycles. The van der Waals surface area contributed by atoms with Crippen LogP contribution in [0.5, 0.6) is 23.0 Å². The van der Waals surface area contributed by atoms with Crippen LogP contribution in [-0.2, 0) is 12.8 Å². The molecule has 3 rings (SSSR count). The van der Waals surface area contributed by atoms with Crippen molar-refractivity contribution in [2.24, 2.45) is 0 Å². The third-order valence-electron chi connectivity index (χ3n) is 5.76. The summed E-state index contributed by atoms with van der Waals surface area (Å²) in [5, 5.41) is 21.3. The van der Waals surface area contributed by atoms with Gasteiger partial charge in [-0.1, -0.05) is 29.4 Å². The quantitative estimate of drug-likeness (QED) is 0.532. The third-order valence-corrected chi connectivity index (χ3v) is 5.76. The molecule has 0 spiro atoms. The number of aromatic hydroxyl groups is 2. The number of ketones is 1. The summed E-state index contributed by atoms with van der Waals surface area (Å²) in [5.74, 6) is 0.610. The van der Waals surface area contributed by atoms with Crippen molar-refractivity contribution < 1.29 is 24.5 Å². The Balaban J connectivity index is 2.08. The van der Waals surface area contributed by atoms with Crippen molar-refractivity contribution in [3.8, 4) is 23.0 Å². The molecule has 5 nitrogen and oxygen atoms in total. The lowest BCUT2D eigenvalue weighted by molar-refractivity contribution is 0.0842. The van der Waals surface area contributed by atoms with Crippen molar-refractivity contribution >= 4 is 5.78 Å². The minimum Gasteiger partial charge on any atom is -0.507 e. The van der Waals surface area contributed by atoms with Crippen LogP contribution in [0.3, 0.4) is 0 Å². The lowest BCUT2D eigenvalue weighted by Gasteiger charge is -2.29. The summed E-state index contributed by atoms with van der Waals surface area (Å²) < 4.78 is 11.8. The number of phenolic OH excluding ortho intramolecular Hbond substituents is 2. The number of rotatable bonds is 6. The Labute approximate surface area is 190 Å². The summed E-state index contributed by atoms with van der Waals surface area (Å²) in [6.45, 7) is 9.64. The fraction of sp³-hybridized carbons (Fsp3) is 0.370. The highest BCUT2D eigenvalue weighted by Gasteiger charge is 2.35. The van der Waals surface area contributed by atoms with Gasteiger partial charge in [0.15, 0.2) is 5.78 Å². The van der Waals surface area contributed by atoms with Gasteiger partial charge in [0, 0.05) is 11.1 Å². The van der Waals surface area contributed by atoms with Crippen LogP contribution in [0.1, 0.15) is 72.8 Å². The first-order valence-electron chi connectivity index (χ1n) is 10.8. The normalized spacial score (nSPS) is 14.9. The zero-order chi connectivity index (χ0) is 23.6. The Hall–Kier alpha value is -3.21. The minimum atomic E-state index is -0.515. The number of carbonyl (C=O) groups is 1. The second-order valence-electron chi connectivity index (χ2n) is 8.78. The summed E-state index contributed by atoms with van der Waals surface area (Å²) in [6, 6.07) is 5.80. The smallest absolute Gasteiger partial charge is 0.174 e. The number of hydrogen-bond acceptors (Lipinski definition) is 5. The maximum atomic E-state index is 13.1. The van der Waals surface area contributed by atoms with E-state index < -0.39 is 6.10 Å². The molecule has 0 fully saturated rings. The van der Waals surface area contributed by atoms with E-state index in [-0.39, 0.29) is 35.0 Å². The van der Waals surface area contributed by atoms with E-state index in [4.69, 9.17) is 9.47 Å². The highest BCUT2D eigenvalue weighted by atomic mass is 16.5. The van der Waals surface area contributed by atoms with Crippen molar-refractivity contribution in [3.05, 3.63) is 69.3 Å². The van der Waals surface area contributed by atoms with Gasteiger partial charge in [-0.25, -0.2) is 0 Å². The van der Waals surface area contributed by atoms with Crippen LogP contribution >= 0.6 is 0 Å². The zero-order valence-corrected chi connectivity index (χ0v) is 19.7. The Kier molecular flexibility index (Phi) is 6.97. The predicted octanol–water partition coefficient (Wildman–Crippen LogP) is 6.14. The van der Waals surface area contributed by atoms with Crippen molar-refractivity contribution in [1.29, 1.82) is 0 Å². The van der Waals surface area contributed by atoms with E-state index in [1.165, 1.54) is 5.57 Å². The number of hydrogen-bond donors (Lipinski definition) is 2. The van der Waals surface area contributed by atoms with Crippen LogP contribution in [0, 0.1) is 6.92 Å². The number of fused-ring (bicyclic) bond motifs is 1. The molecule has 2 N–H and O–H groups in total. The monoisotopic (exact) mass is 436 g/mol. The Bertz CT molecular complexity index is 1100. The molecule has 1 heterocycles. The van der Waals surface area contributed by atoms with Gasteiger partial charge in [-0.05, 0) is 70.7 Å². The SMILES string of the molecule is COc1ccc([C@H]2CC(=O)c3c(O)c(C)c(O)c(CC=C(C)C)c3O2)cc1CC=C(C)C. The zero-order valence-electron chi connectivity index (χ0n) is 19.7. The molecule has 0 amide bonds. The third kappa shape index (κ3) is 4.67. The topological polar surface area (TPSA) is 76.0 Å². The summed E-state index contributed by atoms with van der Waals surface area (Å²) in [6.07, 6.45) is 4.81. The molecule has 2 aromatic carbocycles. The van der Waals surface area contributed by atoms with Gasteiger partial charge in [0.25, 0.3) is 0 Å². The molecule has 2 aromatic rings. The van der Waals surface area contributed by atoms with Crippen molar-refractivity contribution in [2.45, 2.75) is 60.0 Å². The Morgan fingerprint density at radius 3 is 2.38 bits per heavy atom. The first-order valence-corrected chi connectivity index (χ1v) is 10.8. The van der Waals surface area contributed by atoms with E-state index in [2.05, 4.69) is 6.08 Å². The summed E-state index contributed by atoms with van der Waals surface area (Å²) in [5.41, 5.74) is 5.13. The van der Waals surface area contributed by atoms with E-state index in [0.717, 1.165) is 22.4 Å². The minimum absolute atomic E-state index is 0.0359. The lowest BCUT2D eigenvalue weighted by atomic mass is 9.89. The molecule has 32 heavy (non-hydrogen) atoms. The molecule has 0 aromatic heterocycles. The molecule has 0 radical (unpaired) electrons. The average Bonchev–Trinajstić information content (AvgIpc) is 2.75. The molecular formula is C27H32O5. The molecule has 0 saturated carbocycles. The number of phenols is 2. The molecule has 1 atom stereocenters. The van der Waals surface area contributed by atoms with E-state index in [1.54, 1.807) is 14.0 Å². The molecule has 5 heteroatoms. The molecule has 0 unspecified atom stereocenters. The van der Waals surface area contributed by atoms with E-state index in [9.17, 15) is 15.0 Å². The molecule has 0 bridgehead atoms. The number of benzene rings is 2. The van der Waals surface area contributed by atoms with Gasteiger partial charge in [0.05, 0.1) is 13.5 Å². The van der Waals surface area contributed by atoms with Gasteiger partial charge in [0.2, 0.25) is 0 Å². The van der Waals surface area contributed by atoms with Crippen molar-refractivity contribution in [2.75, 3.05) is 7.11 Å². The van der Waals surface area contributed by atoms with Gasteiger partial charge >= 0.3 is 0 Å². The highest BCUT2D eigenvalue weighted by molar-refractivity contribution is 6.04. The van der Waals surface area contributed by atoms with Crippen molar-refractivity contribution in [3.63, 3.8) is 0 Å². The van der Waals surface area contributed by atoms with E-state index in [1.807, 2.05) is 52.0 Å². The fourth-order valence-corrected chi connectivity index (χ4v) is 3.89. The number of allylic oxidation sites excluding steroid dienone is 4. The van der Waals surface area contributed by atoms with Gasteiger partial charge in [-0.3, -0.25) is 4.79 Å². The van der Waals surface area contributed by atoms with Crippen LogP contribution in [-0.4, -0.2) is 23.1 Å². The Morgan fingerprint density at radius 1 is 1.09 bits per heavy atom. The van der Waals surface area contributed by atoms with Gasteiger partial charge < -0.3 is 19.7 Å². The van der Waals surface area contributed by atoms with Crippen LogP contribution < -0.4 is 9.47 Å². The van der Waals surface area contributed by atoms with Crippen LogP contribution in [0.2, 0.25) is 0 Å². The van der Waals surface area contributed by atoms with E-state index >= 15 is 0 Å². The van der Waals surface area contributed by atoms with Crippen LogP contribution in [0.25, 0.3) is 0 Å². The first-order chi connectivity index (χ1) is 15.1. The first kappa shape index (κ1) is 23.5.